The van der Waals surface area contributed by atoms with Gasteiger partial charge in [-0.25, -0.2) is 0 Å². The van der Waals surface area contributed by atoms with E-state index in [0.29, 0.717) is 72.7 Å². The molecule has 2 saturated heterocycles. The zero-order chi connectivity index (χ0) is 59.7. The summed E-state index contributed by atoms with van der Waals surface area (Å²) in [6, 6.07) is 4.54. The van der Waals surface area contributed by atoms with Crippen LogP contribution < -0.4 is 0 Å². The van der Waals surface area contributed by atoms with Crippen LogP contribution in [0.15, 0.2) is 7.91 Å². The Bertz CT molecular complexity index is 1720. The molecule has 77 heavy (non-hydrogen) atoms. The van der Waals surface area contributed by atoms with Crippen LogP contribution in [0.5, 0.6) is 0 Å². The molecule has 2 rings (SSSR count). The van der Waals surface area contributed by atoms with Crippen molar-refractivity contribution in [2.24, 2.45) is 84.8 Å². The summed E-state index contributed by atoms with van der Waals surface area (Å²) in [5.41, 5.74) is -0.850. The molecular weight excluding hydrogens is 1090 g/mol. The summed E-state index contributed by atoms with van der Waals surface area (Å²) in [4.78, 5) is 10.1. The van der Waals surface area contributed by atoms with Crippen molar-refractivity contribution in [3.8, 4) is 12.1 Å². The van der Waals surface area contributed by atoms with Crippen molar-refractivity contribution in [3.05, 3.63) is 0 Å². The Balaban J connectivity index is -0.00000115. The van der Waals surface area contributed by atoms with E-state index in [1.54, 1.807) is 0 Å². The zero-order valence-electron chi connectivity index (χ0n) is 52.4. The van der Waals surface area contributed by atoms with Crippen LogP contribution in [0.2, 0.25) is 0 Å². The fourth-order valence-corrected chi connectivity index (χ4v) is 13.2. The molecule has 1 N–H and O–H groups in total. The summed E-state index contributed by atoms with van der Waals surface area (Å²) in [7, 11) is -5.53. The number of nitrogens with zero attached hydrogens (tertiary/aromatic N) is 5. The first kappa shape index (κ1) is 77.0. The van der Waals surface area contributed by atoms with Gasteiger partial charge >= 0.3 is 340 Å². The normalized spacial score (nSPS) is 25.7. The Morgan fingerprint density at radius 2 is 1.05 bits per heavy atom. The van der Waals surface area contributed by atoms with Gasteiger partial charge in [-0.05, 0) is 41.4 Å². The van der Waals surface area contributed by atoms with Crippen molar-refractivity contribution in [2.45, 2.75) is 241 Å². The minimum atomic E-state index is -4.17. The second kappa shape index (κ2) is 41.9. The molecule has 2 aliphatic rings. The SMILES string of the molecule is C.C.CC(C)C(C)C(C)C(C)C(O)C(C)C(C)C(C)C.[3H]C1CC(OP(=O)(OCCC#N)OC(C)(C(C)C(C)C(C)C)C(C)C(C)C(C)C)C(CO[N]=[V])O1.[3H]C1CC(OP(OCCC#N)N(C(C)C)C(C)C)C(CO[N]=[V])O1. The van der Waals surface area contributed by atoms with Crippen molar-refractivity contribution in [2.75, 3.05) is 39.6 Å². The Labute approximate surface area is 495 Å². The third-order valence-electron chi connectivity index (χ3n) is 16.7. The van der Waals surface area contributed by atoms with E-state index in [9.17, 15) is 9.67 Å². The van der Waals surface area contributed by atoms with Crippen LogP contribution in [0, 0.1) is 99.6 Å². The molecule has 16 nitrogen and oxygen atoms in total. The average molecular weight is 1210 g/mol. The van der Waals surface area contributed by atoms with Crippen molar-refractivity contribution < 1.29 is 88.7 Å². The fraction of sp³-hybridized carbons (Fsp3) is 0.965. The molecule has 0 spiro atoms. The number of aliphatic hydroxyl groups is 1. The standard InChI is InChI=1S/C24H45N2O6P.C17H36O.C14H26N3O4P.2CH4.2V/c1-16(2)18(5)20(7)24(9,21(8)19(6)17(3)4)32-33(27,30-13-10-12-25)31-22-11-14-28-23(22)15-29-26;1-10(2)12(5)14(7)16(9)17(18)15(8)13(6)11(3)4;1-11(2)17(12(3)4)22(20-8-5-7-15)21-13-6-9-18-14(13)10-19-16;;;;/h16-23H,10-11,13-15H2,1-9H3;10-18H,1-9H3;11-14H,5-6,8-10H2,1-4H3;2*1H4;;/i14T;;9T;;;;. The molecule has 2 aliphatic heterocycles. The van der Waals surface area contributed by atoms with E-state index in [-0.39, 0.29) is 102 Å². The fourth-order valence-electron chi connectivity index (χ4n) is 9.43. The first-order valence-electron chi connectivity index (χ1n) is 28.9. The summed E-state index contributed by atoms with van der Waals surface area (Å²) >= 11 is 3.93. The van der Waals surface area contributed by atoms with Crippen LogP contribution in [0.25, 0.3) is 0 Å². The van der Waals surface area contributed by atoms with E-state index >= 15 is 0 Å². The molecule has 0 bridgehead atoms. The summed E-state index contributed by atoms with van der Waals surface area (Å²) in [6.45, 7) is 47.0. The molecule has 0 saturated carbocycles. The third-order valence-corrected chi connectivity index (χ3v) is 20.9. The van der Waals surface area contributed by atoms with E-state index < -0.39 is 47.3 Å². The molecule has 0 aromatic heterocycles. The van der Waals surface area contributed by atoms with Crippen LogP contribution in [0.4, 0.5) is 0 Å². The third kappa shape index (κ3) is 27.9. The molecular formula is C57H115N5O11P2V2. The van der Waals surface area contributed by atoms with Gasteiger partial charge in [-0.15, -0.1) is 0 Å². The summed E-state index contributed by atoms with van der Waals surface area (Å²) < 4.78 is 80.8. The summed E-state index contributed by atoms with van der Waals surface area (Å²) in [5.74, 6) is 5.25. The Morgan fingerprint density at radius 3 is 1.45 bits per heavy atom. The number of ether oxygens (including phenoxy) is 2. The van der Waals surface area contributed by atoms with Crippen molar-refractivity contribution in [1.29, 1.82) is 10.5 Å². The number of phosphoric ester groups is 1. The van der Waals surface area contributed by atoms with E-state index in [0.717, 1.165) is 0 Å². The Hall–Kier alpha value is -0.0312. The molecule has 0 amide bonds. The molecule has 2 fully saturated rings. The number of rotatable bonds is 34. The van der Waals surface area contributed by atoms with Crippen LogP contribution >= 0.6 is 16.3 Å². The molecule has 2 heterocycles. The molecule has 454 valence electrons. The molecule has 0 radical (unpaired) electrons. The van der Waals surface area contributed by atoms with E-state index in [1.165, 1.54) is 0 Å². The second-order valence-electron chi connectivity index (χ2n) is 23.3. The van der Waals surface area contributed by atoms with Gasteiger partial charge in [0.15, 0.2) is 0 Å². The quantitative estimate of drug-likeness (QED) is 0.0363. The summed E-state index contributed by atoms with van der Waals surface area (Å²) in [5, 5.41) is 28.4. The van der Waals surface area contributed by atoms with Gasteiger partial charge in [0, 0.05) is 0 Å². The Morgan fingerprint density at radius 1 is 0.662 bits per heavy atom. The molecule has 0 aromatic carbocycles. The zero-order valence-corrected chi connectivity index (χ0v) is 55.0. The van der Waals surface area contributed by atoms with Crippen LogP contribution in [0.3, 0.4) is 0 Å². The predicted octanol–water partition coefficient (Wildman–Crippen LogP) is 15.7. The van der Waals surface area contributed by atoms with Gasteiger partial charge < -0.3 is 5.11 Å². The van der Waals surface area contributed by atoms with Gasteiger partial charge in [-0.1, -0.05) is 105 Å². The van der Waals surface area contributed by atoms with Crippen LogP contribution in [-0.4, -0.2) is 97.6 Å². The minimum absolute atomic E-state index is 0. The molecule has 18 unspecified atom stereocenters. The van der Waals surface area contributed by atoms with Gasteiger partial charge in [0.2, 0.25) is 0 Å². The van der Waals surface area contributed by atoms with Crippen molar-refractivity contribution in [3.63, 3.8) is 0 Å². The van der Waals surface area contributed by atoms with Gasteiger partial charge in [-0.2, -0.15) is 0 Å². The van der Waals surface area contributed by atoms with E-state index in [4.69, 9.17) is 55.0 Å². The molecule has 0 aliphatic carbocycles. The number of hydrogen-bond donors (Lipinski definition) is 1. The first-order valence-corrected chi connectivity index (χ1v) is 31.6. The first-order chi connectivity index (χ1) is 35.7. The van der Waals surface area contributed by atoms with Gasteiger partial charge in [-0.3, -0.25) is 0 Å². The monoisotopic (exact) mass is 1210 g/mol. The van der Waals surface area contributed by atoms with Crippen LogP contribution in [0.1, 0.15) is 196 Å². The number of aliphatic hydroxyl groups excluding tert-OH is 1. The number of phosphoric acid groups is 1. The average Bonchev–Trinajstić information content (AvgIpc) is 3.90. The van der Waals surface area contributed by atoms with E-state index in [1.807, 2.05) is 47.5 Å². The Kier molecular flexibility index (Phi) is 41.9. The van der Waals surface area contributed by atoms with Crippen molar-refractivity contribution in [1.82, 2.24) is 4.67 Å². The van der Waals surface area contributed by atoms with Crippen molar-refractivity contribution >= 4 is 16.3 Å². The van der Waals surface area contributed by atoms with Crippen LogP contribution in [-0.2, 0) is 80.8 Å². The molecule has 18 atom stereocenters. The molecule has 0 aromatic rings. The maximum atomic E-state index is 14.2. The van der Waals surface area contributed by atoms with Gasteiger partial charge in [0.1, 0.15) is 0 Å². The van der Waals surface area contributed by atoms with Gasteiger partial charge in [0.25, 0.3) is 0 Å². The van der Waals surface area contributed by atoms with Gasteiger partial charge in [0.05, 0.1) is 6.10 Å². The maximum absolute atomic E-state index is 14.2. The number of hydrogen-bond acceptors (Lipinski definition) is 16. The van der Waals surface area contributed by atoms with E-state index in [2.05, 4.69) is 164 Å². The second-order valence-corrected chi connectivity index (χ2v) is 26.7. The summed E-state index contributed by atoms with van der Waals surface area (Å²) in [6.07, 6.45) is -1.21. The number of nitriles is 2. The predicted molar refractivity (Wildman–Crippen MR) is 305 cm³/mol. The molecule has 20 heteroatoms. The topological polar surface area (TPSA) is 196 Å².